The zero-order valence-corrected chi connectivity index (χ0v) is 10.8. The SMILES string of the molecule is CC(C(=O)OCc1ccccc1)C(=O)ON(C)C. The van der Waals surface area contributed by atoms with E-state index in [-0.39, 0.29) is 6.61 Å². The van der Waals surface area contributed by atoms with Crippen molar-refractivity contribution < 1.29 is 19.2 Å². The Morgan fingerprint density at radius 2 is 1.78 bits per heavy atom. The Kier molecular flexibility index (Phi) is 5.32. The fraction of sp³-hybridized carbons (Fsp3) is 0.385. The summed E-state index contributed by atoms with van der Waals surface area (Å²) in [6.07, 6.45) is 0. The number of benzene rings is 1. The monoisotopic (exact) mass is 251 g/mol. The van der Waals surface area contributed by atoms with Crippen molar-refractivity contribution >= 4 is 11.9 Å². The molecule has 0 radical (unpaired) electrons. The van der Waals surface area contributed by atoms with E-state index in [0.29, 0.717) is 0 Å². The molecule has 0 amide bonds. The van der Waals surface area contributed by atoms with Crippen LogP contribution in [0.3, 0.4) is 0 Å². The molecule has 1 rings (SSSR count). The third-order valence-electron chi connectivity index (χ3n) is 2.20. The van der Waals surface area contributed by atoms with E-state index in [1.807, 2.05) is 30.3 Å². The highest BCUT2D eigenvalue weighted by molar-refractivity contribution is 5.94. The van der Waals surface area contributed by atoms with Crippen LogP contribution in [0.5, 0.6) is 0 Å². The Balaban J connectivity index is 2.43. The molecule has 0 aliphatic rings. The first-order valence-electron chi connectivity index (χ1n) is 5.60. The van der Waals surface area contributed by atoms with Gasteiger partial charge in [-0.05, 0) is 12.5 Å². The van der Waals surface area contributed by atoms with Crippen LogP contribution in [0.25, 0.3) is 0 Å². The Morgan fingerprint density at radius 1 is 1.17 bits per heavy atom. The summed E-state index contributed by atoms with van der Waals surface area (Å²) in [5.41, 5.74) is 0.874. The lowest BCUT2D eigenvalue weighted by Gasteiger charge is -2.14. The van der Waals surface area contributed by atoms with Crippen LogP contribution in [0.15, 0.2) is 30.3 Å². The minimum Gasteiger partial charge on any atom is -0.460 e. The Hall–Kier alpha value is -1.88. The van der Waals surface area contributed by atoms with Crippen LogP contribution in [-0.2, 0) is 25.8 Å². The summed E-state index contributed by atoms with van der Waals surface area (Å²) >= 11 is 0. The van der Waals surface area contributed by atoms with Gasteiger partial charge >= 0.3 is 11.9 Å². The molecule has 0 aromatic heterocycles. The minimum absolute atomic E-state index is 0.152. The van der Waals surface area contributed by atoms with Gasteiger partial charge in [0.25, 0.3) is 0 Å². The number of carbonyl (C=O) groups is 2. The highest BCUT2D eigenvalue weighted by Gasteiger charge is 2.25. The number of rotatable bonds is 5. The van der Waals surface area contributed by atoms with E-state index in [2.05, 4.69) is 0 Å². The molecule has 0 saturated carbocycles. The molecule has 1 aromatic carbocycles. The number of esters is 1. The van der Waals surface area contributed by atoms with Crippen molar-refractivity contribution in [2.75, 3.05) is 14.1 Å². The topological polar surface area (TPSA) is 55.8 Å². The molecule has 5 nitrogen and oxygen atoms in total. The lowest BCUT2D eigenvalue weighted by molar-refractivity contribution is -0.187. The molecule has 0 aliphatic carbocycles. The van der Waals surface area contributed by atoms with Gasteiger partial charge in [-0.15, -0.1) is 5.06 Å². The number of hydrogen-bond donors (Lipinski definition) is 0. The van der Waals surface area contributed by atoms with Crippen LogP contribution >= 0.6 is 0 Å². The summed E-state index contributed by atoms with van der Waals surface area (Å²) in [5, 5.41) is 1.24. The van der Waals surface area contributed by atoms with Crippen molar-refractivity contribution in [3.05, 3.63) is 35.9 Å². The van der Waals surface area contributed by atoms with Crippen molar-refractivity contribution in [2.24, 2.45) is 5.92 Å². The van der Waals surface area contributed by atoms with Gasteiger partial charge in [-0.2, -0.15) is 0 Å². The lowest BCUT2D eigenvalue weighted by Crippen LogP contribution is -2.29. The maximum atomic E-state index is 11.6. The maximum Gasteiger partial charge on any atom is 0.338 e. The van der Waals surface area contributed by atoms with Crippen LogP contribution in [0.1, 0.15) is 12.5 Å². The van der Waals surface area contributed by atoms with E-state index < -0.39 is 17.9 Å². The number of carbonyl (C=O) groups excluding carboxylic acids is 2. The molecular weight excluding hydrogens is 234 g/mol. The molecule has 18 heavy (non-hydrogen) atoms. The largest absolute Gasteiger partial charge is 0.460 e. The van der Waals surface area contributed by atoms with Crippen LogP contribution in [0, 0.1) is 5.92 Å². The third kappa shape index (κ3) is 4.55. The quantitative estimate of drug-likeness (QED) is 0.449. The van der Waals surface area contributed by atoms with E-state index >= 15 is 0 Å². The molecular formula is C13H17NO4. The number of ether oxygens (including phenoxy) is 1. The third-order valence-corrected chi connectivity index (χ3v) is 2.20. The molecule has 1 atom stereocenters. The smallest absolute Gasteiger partial charge is 0.338 e. The molecule has 0 saturated heterocycles. The van der Waals surface area contributed by atoms with Gasteiger partial charge in [-0.3, -0.25) is 4.79 Å². The fourth-order valence-corrected chi connectivity index (χ4v) is 1.21. The second kappa shape index (κ2) is 6.76. The van der Waals surface area contributed by atoms with Gasteiger partial charge in [0.15, 0.2) is 5.92 Å². The fourth-order valence-electron chi connectivity index (χ4n) is 1.21. The lowest BCUT2D eigenvalue weighted by atomic mass is 10.2. The first-order chi connectivity index (χ1) is 8.50. The van der Waals surface area contributed by atoms with Gasteiger partial charge in [0.05, 0.1) is 0 Å². The molecule has 0 spiro atoms. The van der Waals surface area contributed by atoms with Gasteiger partial charge in [0.1, 0.15) is 6.61 Å². The highest BCUT2D eigenvalue weighted by Crippen LogP contribution is 2.06. The van der Waals surface area contributed by atoms with Gasteiger partial charge in [-0.1, -0.05) is 30.3 Å². The molecule has 0 N–H and O–H groups in total. The predicted molar refractivity (Wildman–Crippen MR) is 65.2 cm³/mol. The first kappa shape index (κ1) is 14.2. The minimum atomic E-state index is -0.934. The zero-order chi connectivity index (χ0) is 13.5. The van der Waals surface area contributed by atoms with Crippen LogP contribution < -0.4 is 0 Å². The van der Waals surface area contributed by atoms with Gasteiger partial charge < -0.3 is 9.57 Å². The number of nitrogens with zero attached hydrogens (tertiary/aromatic N) is 1. The molecule has 0 heterocycles. The van der Waals surface area contributed by atoms with Crippen LogP contribution in [-0.4, -0.2) is 31.1 Å². The molecule has 98 valence electrons. The first-order valence-corrected chi connectivity index (χ1v) is 5.60. The number of hydrogen-bond acceptors (Lipinski definition) is 5. The molecule has 0 bridgehead atoms. The van der Waals surface area contributed by atoms with Crippen molar-refractivity contribution in [1.29, 1.82) is 0 Å². The van der Waals surface area contributed by atoms with Gasteiger partial charge in [0, 0.05) is 14.1 Å². The molecule has 1 aromatic rings. The summed E-state index contributed by atoms with van der Waals surface area (Å²) in [4.78, 5) is 27.8. The molecule has 1 unspecified atom stereocenters. The van der Waals surface area contributed by atoms with E-state index in [1.54, 1.807) is 14.1 Å². The zero-order valence-electron chi connectivity index (χ0n) is 10.8. The summed E-state index contributed by atoms with van der Waals surface area (Å²) < 4.78 is 5.03. The van der Waals surface area contributed by atoms with Crippen LogP contribution in [0.4, 0.5) is 0 Å². The average Bonchev–Trinajstić information content (AvgIpc) is 2.35. The predicted octanol–water partition coefficient (Wildman–Crippen LogP) is 1.39. The van der Waals surface area contributed by atoms with Gasteiger partial charge in [-0.25, -0.2) is 4.79 Å². The Labute approximate surface area is 106 Å². The highest BCUT2D eigenvalue weighted by atomic mass is 16.7. The Bertz CT molecular complexity index is 403. The second-order valence-electron chi connectivity index (χ2n) is 4.04. The summed E-state index contributed by atoms with van der Waals surface area (Å²) in [7, 11) is 3.14. The van der Waals surface area contributed by atoms with Crippen molar-refractivity contribution in [3.8, 4) is 0 Å². The molecule has 0 fully saturated rings. The van der Waals surface area contributed by atoms with Crippen molar-refractivity contribution in [1.82, 2.24) is 5.06 Å². The summed E-state index contributed by atoms with van der Waals surface area (Å²) in [5.74, 6) is -2.15. The normalized spacial score (nSPS) is 12.0. The molecule has 5 heteroatoms. The van der Waals surface area contributed by atoms with Crippen molar-refractivity contribution in [3.63, 3.8) is 0 Å². The second-order valence-corrected chi connectivity index (χ2v) is 4.04. The molecule has 0 aliphatic heterocycles. The summed E-state index contributed by atoms with van der Waals surface area (Å²) in [6.45, 7) is 1.61. The Morgan fingerprint density at radius 3 is 2.33 bits per heavy atom. The number of hydroxylamine groups is 2. The van der Waals surface area contributed by atoms with Gasteiger partial charge in [0.2, 0.25) is 0 Å². The summed E-state index contributed by atoms with van der Waals surface area (Å²) in [6, 6.07) is 9.27. The van der Waals surface area contributed by atoms with E-state index in [9.17, 15) is 9.59 Å². The van der Waals surface area contributed by atoms with Crippen LogP contribution in [0.2, 0.25) is 0 Å². The average molecular weight is 251 g/mol. The van der Waals surface area contributed by atoms with E-state index in [0.717, 1.165) is 5.56 Å². The standard InChI is InChI=1S/C13H17NO4/c1-10(13(16)18-14(2)3)12(15)17-9-11-7-5-4-6-8-11/h4-8,10H,9H2,1-3H3. The van der Waals surface area contributed by atoms with E-state index in [1.165, 1.54) is 12.0 Å². The van der Waals surface area contributed by atoms with E-state index in [4.69, 9.17) is 9.57 Å². The maximum absolute atomic E-state index is 11.6. The van der Waals surface area contributed by atoms with Crippen molar-refractivity contribution in [2.45, 2.75) is 13.5 Å².